The monoisotopic (exact) mass is 365 g/mol. The Morgan fingerprint density at radius 3 is 1.05 bits per heavy atom. The van der Waals surface area contributed by atoms with Crippen LogP contribution < -0.4 is 5.73 Å². The molecule has 0 aliphatic heterocycles. The molecule has 10 nitrogen and oxygen atoms in total. The zero-order chi connectivity index (χ0) is 16.1. The van der Waals surface area contributed by atoms with Crippen molar-refractivity contribution in [2.24, 2.45) is 5.73 Å². The zero-order valence-corrected chi connectivity index (χ0v) is 12.6. The highest BCUT2D eigenvalue weighted by molar-refractivity contribution is 7.78. The summed E-state index contributed by atoms with van der Waals surface area (Å²) < 4.78 is 17.1. The second-order valence-electron chi connectivity index (χ2n) is 3.43. The van der Waals surface area contributed by atoms with E-state index in [-0.39, 0.29) is 0 Å². The van der Waals surface area contributed by atoms with Gasteiger partial charge in [-0.2, -0.15) is 0 Å². The number of nitrogens with two attached hydrogens (primary N) is 1. The average molecular weight is 366 g/mol. The molecule has 0 unspecified atom stereocenters. The summed E-state index contributed by atoms with van der Waals surface area (Å²) in [5.41, 5.74) is 3.94. The predicted molar refractivity (Wildman–Crippen MR) is 66.7 cm³/mol. The number of halogens is 2. The van der Waals surface area contributed by atoms with Crippen LogP contribution in [0.5, 0.6) is 0 Å². The molecule has 14 heteroatoms. The maximum atomic E-state index is 10.2. The van der Waals surface area contributed by atoms with Gasteiger partial charge < -0.3 is 40.6 Å². The molecule has 118 valence electrons. The first kappa shape index (κ1) is 22.0. The summed E-state index contributed by atoms with van der Waals surface area (Å²) in [6, 6.07) is 0. The van der Waals surface area contributed by atoms with Crippen molar-refractivity contribution < 1.29 is 44.0 Å². The molecule has 0 rings (SSSR count). The maximum absolute atomic E-state index is 10.2. The van der Waals surface area contributed by atoms with Crippen molar-refractivity contribution in [3.63, 3.8) is 0 Å². The van der Waals surface area contributed by atoms with Crippen LogP contribution in [0.2, 0.25) is 0 Å². The molecule has 0 aliphatic carbocycles. The summed E-state index contributed by atoms with van der Waals surface area (Å²) in [5, 5.41) is 25.0. The third kappa shape index (κ3) is 6.81. The zero-order valence-electron chi connectivity index (χ0n) is 9.30. The number of hydrogen-bond acceptors (Lipinski definition) is 6. The highest BCUT2D eigenvalue weighted by atomic mass is 35.5. The number of aliphatic hydroxyl groups excluding tert-OH is 3. The fourth-order valence-electron chi connectivity index (χ4n) is 0.320. The Balaban J connectivity index is 0. The molecule has 0 amide bonds. The molecule has 0 radical (unpaired) electrons. The predicted octanol–water partition coefficient (Wildman–Crippen LogP) is -1.91. The van der Waals surface area contributed by atoms with Gasteiger partial charge in [0.15, 0.2) is 0 Å². The standard InChI is InChI=1S/C4H11NO3.CH4Cl2O6P2/c5-4(1-6,2-7)3-8;2-1(3,10(4,5)6)11(7,8)9/h6-8H,1-3,5H2;(H2,4,5,6)(H2,7,8,9). The van der Waals surface area contributed by atoms with Crippen LogP contribution in [0.1, 0.15) is 0 Å². The Morgan fingerprint density at radius 1 is 0.842 bits per heavy atom. The van der Waals surface area contributed by atoms with Crippen LogP contribution in [0.25, 0.3) is 0 Å². The largest absolute Gasteiger partial charge is 0.394 e. The van der Waals surface area contributed by atoms with Gasteiger partial charge in [0.1, 0.15) is 0 Å². The van der Waals surface area contributed by atoms with Crippen LogP contribution in [0, 0.1) is 0 Å². The van der Waals surface area contributed by atoms with Crippen molar-refractivity contribution in [2.75, 3.05) is 19.8 Å². The molecule has 19 heavy (non-hydrogen) atoms. The fraction of sp³-hybridized carbons (Fsp3) is 1.00. The molecule has 9 N–H and O–H groups in total. The number of hydrogen-bond donors (Lipinski definition) is 8. The Kier molecular flexibility index (Phi) is 8.86. The van der Waals surface area contributed by atoms with Crippen molar-refractivity contribution in [1.29, 1.82) is 0 Å². The van der Waals surface area contributed by atoms with Gasteiger partial charge >= 0.3 is 19.0 Å². The molecule has 0 spiro atoms. The van der Waals surface area contributed by atoms with E-state index in [1.165, 1.54) is 0 Å². The number of aliphatic hydroxyl groups is 3. The minimum Gasteiger partial charge on any atom is -0.394 e. The van der Waals surface area contributed by atoms with Crippen LogP contribution >= 0.6 is 38.4 Å². The first-order valence-corrected chi connectivity index (χ1v) is 8.27. The molecule has 0 fully saturated rings. The molecular weight excluding hydrogens is 351 g/mol. The second-order valence-corrected chi connectivity index (χ2v) is 9.69. The highest BCUT2D eigenvalue weighted by Gasteiger charge is 2.58. The average Bonchev–Trinajstić information content (AvgIpc) is 2.26. The molecule has 0 heterocycles. The lowest BCUT2D eigenvalue weighted by molar-refractivity contribution is 0.0697. The molecule has 0 aromatic rings. The molecule has 0 atom stereocenters. The van der Waals surface area contributed by atoms with Crippen molar-refractivity contribution >= 4 is 38.4 Å². The third-order valence-electron chi connectivity index (χ3n) is 1.65. The van der Waals surface area contributed by atoms with E-state index >= 15 is 0 Å². The van der Waals surface area contributed by atoms with Crippen LogP contribution in [-0.2, 0) is 9.13 Å². The van der Waals surface area contributed by atoms with Gasteiger partial charge in [-0.15, -0.1) is 0 Å². The lowest BCUT2D eigenvalue weighted by Gasteiger charge is -2.20. The minimum absolute atomic E-state index is 0.403. The van der Waals surface area contributed by atoms with Gasteiger partial charge in [-0.3, -0.25) is 9.13 Å². The smallest absolute Gasteiger partial charge is 0.373 e. The van der Waals surface area contributed by atoms with E-state index < -0.39 is 44.4 Å². The Labute approximate surface area is 118 Å². The lowest BCUT2D eigenvalue weighted by atomic mass is 10.1. The summed E-state index contributed by atoms with van der Waals surface area (Å²) >= 11 is 9.46. The quantitative estimate of drug-likeness (QED) is 0.200. The van der Waals surface area contributed by atoms with E-state index in [2.05, 4.69) is 0 Å². The topological polar surface area (TPSA) is 202 Å². The van der Waals surface area contributed by atoms with Crippen molar-refractivity contribution in [1.82, 2.24) is 0 Å². The number of alkyl halides is 2. The SMILES string of the molecule is NC(CO)(CO)CO.O=P(O)(O)C(Cl)(Cl)P(=O)(O)O. The van der Waals surface area contributed by atoms with E-state index in [9.17, 15) is 9.13 Å². The van der Waals surface area contributed by atoms with Crippen molar-refractivity contribution in [3.8, 4) is 0 Å². The summed E-state index contributed by atoms with van der Waals surface area (Å²) in [5.74, 6) is 0. The van der Waals surface area contributed by atoms with Crippen LogP contribution in [0.3, 0.4) is 0 Å². The van der Waals surface area contributed by atoms with Gasteiger partial charge in [0.2, 0.25) is 0 Å². The Bertz CT molecular complexity index is 329. The molecule has 0 saturated carbocycles. The molecule has 0 aromatic carbocycles. The highest BCUT2D eigenvalue weighted by Crippen LogP contribution is 2.73. The normalized spacial score (nSPS) is 13.8. The van der Waals surface area contributed by atoms with Crippen molar-refractivity contribution in [2.45, 2.75) is 9.35 Å². The van der Waals surface area contributed by atoms with Gasteiger partial charge in [0.25, 0.3) is 0 Å². The summed E-state index contributed by atoms with van der Waals surface area (Å²) in [6.45, 7) is -1.21. The van der Waals surface area contributed by atoms with E-state index in [1.807, 2.05) is 0 Å². The summed E-state index contributed by atoms with van der Waals surface area (Å²) in [7, 11) is -10.4. The molecule has 0 aromatic heterocycles. The van der Waals surface area contributed by atoms with E-state index in [1.54, 1.807) is 0 Å². The van der Waals surface area contributed by atoms with Gasteiger partial charge in [-0.25, -0.2) is 0 Å². The Hall–Kier alpha value is 0.720. The summed E-state index contributed by atoms with van der Waals surface area (Å²) in [4.78, 5) is 32.9. The first-order chi connectivity index (χ1) is 8.18. The van der Waals surface area contributed by atoms with Crippen LogP contribution in [0.4, 0.5) is 0 Å². The molecular formula is C5H15Cl2NO9P2. The molecule has 0 saturated heterocycles. The fourth-order valence-corrected chi connectivity index (χ4v) is 1.68. The van der Waals surface area contributed by atoms with Crippen LogP contribution in [0.15, 0.2) is 0 Å². The van der Waals surface area contributed by atoms with E-state index in [4.69, 9.17) is 63.8 Å². The number of rotatable bonds is 5. The third-order valence-corrected chi connectivity index (χ3v) is 7.25. The molecule has 0 aliphatic rings. The molecule has 0 bridgehead atoms. The second kappa shape index (κ2) is 7.65. The van der Waals surface area contributed by atoms with Gasteiger partial charge in [-0.1, -0.05) is 23.2 Å². The van der Waals surface area contributed by atoms with Gasteiger partial charge in [0, 0.05) is 0 Å². The lowest BCUT2D eigenvalue weighted by Crippen LogP contribution is -2.50. The van der Waals surface area contributed by atoms with E-state index in [0.717, 1.165) is 0 Å². The van der Waals surface area contributed by atoms with Crippen LogP contribution in [-0.4, -0.2) is 64.1 Å². The Morgan fingerprint density at radius 2 is 1.05 bits per heavy atom. The van der Waals surface area contributed by atoms with Gasteiger partial charge in [-0.05, 0) is 0 Å². The maximum Gasteiger partial charge on any atom is 0.373 e. The van der Waals surface area contributed by atoms with Gasteiger partial charge in [0.05, 0.1) is 25.4 Å². The van der Waals surface area contributed by atoms with Crippen molar-refractivity contribution in [3.05, 3.63) is 0 Å². The minimum atomic E-state index is -5.22. The first-order valence-electron chi connectivity index (χ1n) is 4.29. The van der Waals surface area contributed by atoms with E-state index in [0.29, 0.717) is 0 Å². The summed E-state index contributed by atoms with van der Waals surface area (Å²) in [6.07, 6.45) is 0.